The van der Waals surface area contributed by atoms with Crippen molar-refractivity contribution in [3.8, 4) is 0 Å². The number of halogens is 3. The summed E-state index contributed by atoms with van der Waals surface area (Å²) in [6.07, 6.45) is -4.64. The number of aliphatic hydroxyl groups is 1. The molecule has 1 atom stereocenters. The van der Waals surface area contributed by atoms with Gasteiger partial charge in [-0.3, -0.25) is 0 Å². The maximum Gasteiger partial charge on any atom is 0.271 e. The third-order valence-corrected chi connectivity index (χ3v) is 1.55. The minimum atomic E-state index is -2.81. The van der Waals surface area contributed by atoms with Gasteiger partial charge in [-0.05, 0) is 28.1 Å². The molecule has 0 spiro atoms. The molecule has 0 fully saturated rings. The maximum atomic E-state index is 11.8. The van der Waals surface area contributed by atoms with Crippen molar-refractivity contribution < 1.29 is 18.3 Å². The smallest absolute Gasteiger partial charge is 0.271 e. The second-order valence-corrected chi connectivity index (χ2v) is 2.70. The van der Waals surface area contributed by atoms with Crippen LogP contribution in [0, 0.1) is 0 Å². The third kappa shape index (κ3) is 2.00. The average Bonchev–Trinajstić information content (AvgIpc) is 2.34. The van der Waals surface area contributed by atoms with Gasteiger partial charge in [-0.15, -0.1) is 0 Å². The van der Waals surface area contributed by atoms with Gasteiger partial charge in [-0.1, -0.05) is 0 Å². The van der Waals surface area contributed by atoms with Gasteiger partial charge in [0, 0.05) is 0 Å². The zero-order valence-corrected chi connectivity index (χ0v) is 6.88. The molecule has 0 amide bonds. The molecule has 0 bridgehead atoms. The lowest BCUT2D eigenvalue weighted by Crippen LogP contribution is -2.06. The van der Waals surface area contributed by atoms with Crippen LogP contribution in [0.3, 0.4) is 0 Å². The van der Waals surface area contributed by atoms with Crippen molar-refractivity contribution in [2.24, 2.45) is 0 Å². The molecule has 11 heavy (non-hydrogen) atoms. The van der Waals surface area contributed by atoms with E-state index in [4.69, 9.17) is 9.52 Å². The molecule has 0 saturated heterocycles. The Morgan fingerprint density at radius 2 is 2.09 bits per heavy atom. The first-order chi connectivity index (χ1) is 5.11. The number of aliphatic hydroxyl groups excluding tert-OH is 1. The molecule has 1 N–H and O–H groups in total. The maximum absolute atomic E-state index is 11.8. The Bertz CT molecular complexity index is 236. The Balaban J connectivity index is 2.76. The Morgan fingerprint density at radius 1 is 1.45 bits per heavy atom. The molecule has 0 saturated carbocycles. The van der Waals surface area contributed by atoms with Crippen LogP contribution in [0.5, 0.6) is 0 Å². The summed E-state index contributed by atoms with van der Waals surface area (Å²) in [5.74, 6) is -0.133. The van der Waals surface area contributed by atoms with Crippen LogP contribution in [0.4, 0.5) is 8.78 Å². The largest absolute Gasteiger partial charge is 0.451 e. The van der Waals surface area contributed by atoms with E-state index >= 15 is 0 Å². The lowest BCUT2D eigenvalue weighted by molar-refractivity contribution is -0.0180. The molecule has 5 heteroatoms. The fraction of sp³-hybridized carbons (Fsp3) is 0.333. The van der Waals surface area contributed by atoms with Crippen LogP contribution in [-0.2, 0) is 0 Å². The number of furan rings is 1. The van der Waals surface area contributed by atoms with E-state index in [1.165, 1.54) is 12.1 Å². The van der Waals surface area contributed by atoms with E-state index in [0.717, 1.165) is 0 Å². The monoisotopic (exact) mass is 226 g/mol. The molecule has 62 valence electrons. The van der Waals surface area contributed by atoms with Crippen molar-refractivity contribution in [1.82, 2.24) is 0 Å². The van der Waals surface area contributed by atoms with Crippen LogP contribution in [0.15, 0.2) is 21.2 Å². The van der Waals surface area contributed by atoms with Crippen molar-refractivity contribution in [2.75, 3.05) is 0 Å². The van der Waals surface area contributed by atoms with Crippen LogP contribution in [0.1, 0.15) is 11.9 Å². The molecule has 1 rings (SSSR count). The summed E-state index contributed by atoms with van der Waals surface area (Å²) in [5.41, 5.74) is 0. The third-order valence-electron chi connectivity index (χ3n) is 1.12. The van der Waals surface area contributed by atoms with Crippen LogP contribution < -0.4 is 0 Å². The van der Waals surface area contributed by atoms with Gasteiger partial charge in [0.15, 0.2) is 10.8 Å². The molecule has 0 aliphatic rings. The lowest BCUT2D eigenvalue weighted by atomic mass is 10.3. The van der Waals surface area contributed by atoms with Crippen molar-refractivity contribution in [2.45, 2.75) is 12.5 Å². The fourth-order valence-electron chi connectivity index (χ4n) is 0.611. The van der Waals surface area contributed by atoms with E-state index in [1.54, 1.807) is 0 Å². The predicted octanol–water partition coefficient (Wildman–Crippen LogP) is 2.34. The van der Waals surface area contributed by atoms with Gasteiger partial charge in [0.2, 0.25) is 0 Å². The summed E-state index contributed by atoms with van der Waals surface area (Å²) in [7, 11) is 0. The highest BCUT2D eigenvalue weighted by atomic mass is 79.9. The molecule has 0 aromatic carbocycles. The Morgan fingerprint density at radius 3 is 2.45 bits per heavy atom. The van der Waals surface area contributed by atoms with Gasteiger partial charge in [0.25, 0.3) is 6.43 Å². The first kappa shape index (κ1) is 8.67. The second kappa shape index (κ2) is 3.32. The molecule has 2 nitrogen and oxygen atoms in total. The van der Waals surface area contributed by atoms with Gasteiger partial charge >= 0.3 is 0 Å². The number of hydrogen-bond donors (Lipinski definition) is 1. The van der Waals surface area contributed by atoms with Crippen molar-refractivity contribution >= 4 is 15.9 Å². The molecule has 0 aliphatic carbocycles. The molecular formula is C6H5BrF2O2. The normalized spacial score (nSPS) is 13.9. The Labute approximate surface area is 69.9 Å². The molecule has 0 aliphatic heterocycles. The Hall–Kier alpha value is -0.420. The highest BCUT2D eigenvalue weighted by Gasteiger charge is 2.21. The quantitative estimate of drug-likeness (QED) is 0.840. The standard InChI is InChI=1S/C6H5BrF2O2/c7-4-2-1-3(11-4)5(10)6(8)9/h1-2,5-6,10H. The summed E-state index contributed by atoms with van der Waals surface area (Å²) >= 11 is 2.93. The molecule has 0 radical (unpaired) electrons. The summed E-state index contributed by atoms with van der Waals surface area (Å²) in [6.45, 7) is 0. The summed E-state index contributed by atoms with van der Waals surface area (Å²) in [6, 6.07) is 2.74. The van der Waals surface area contributed by atoms with Gasteiger partial charge < -0.3 is 9.52 Å². The van der Waals surface area contributed by atoms with Crippen molar-refractivity contribution in [1.29, 1.82) is 0 Å². The first-order valence-corrected chi connectivity index (χ1v) is 3.62. The van der Waals surface area contributed by atoms with Crippen LogP contribution in [-0.4, -0.2) is 11.5 Å². The zero-order chi connectivity index (χ0) is 8.43. The lowest BCUT2D eigenvalue weighted by Gasteiger charge is -2.03. The van der Waals surface area contributed by atoms with Gasteiger partial charge in [-0.25, -0.2) is 8.78 Å². The number of alkyl halides is 2. The van der Waals surface area contributed by atoms with Crippen LogP contribution in [0.25, 0.3) is 0 Å². The van der Waals surface area contributed by atoms with E-state index in [-0.39, 0.29) is 5.76 Å². The van der Waals surface area contributed by atoms with E-state index in [1.807, 2.05) is 0 Å². The SMILES string of the molecule is OC(c1ccc(Br)o1)C(F)F. The van der Waals surface area contributed by atoms with E-state index in [9.17, 15) is 8.78 Å². The molecule has 1 unspecified atom stereocenters. The highest BCUT2D eigenvalue weighted by Crippen LogP contribution is 2.24. The molecule has 1 heterocycles. The van der Waals surface area contributed by atoms with E-state index in [0.29, 0.717) is 4.67 Å². The molecular weight excluding hydrogens is 222 g/mol. The first-order valence-electron chi connectivity index (χ1n) is 2.82. The molecule has 1 aromatic heterocycles. The van der Waals surface area contributed by atoms with Crippen LogP contribution >= 0.6 is 15.9 Å². The molecule has 1 aromatic rings. The van der Waals surface area contributed by atoms with Gasteiger partial charge in [0.05, 0.1) is 0 Å². The van der Waals surface area contributed by atoms with E-state index in [2.05, 4.69) is 15.9 Å². The van der Waals surface area contributed by atoms with Crippen LogP contribution in [0.2, 0.25) is 0 Å². The average molecular weight is 227 g/mol. The van der Waals surface area contributed by atoms with Crippen molar-refractivity contribution in [3.05, 3.63) is 22.6 Å². The minimum absolute atomic E-state index is 0.133. The van der Waals surface area contributed by atoms with E-state index < -0.39 is 12.5 Å². The zero-order valence-electron chi connectivity index (χ0n) is 5.30. The second-order valence-electron chi connectivity index (χ2n) is 1.92. The topological polar surface area (TPSA) is 33.4 Å². The highest BCUT2D eigenvalue weighted by molar-refractivity contribution is 9.10. The van der Waals surface area contributed by atoms with Gasteiger partial charge in [-0.2, -0.15) is 0 Å². The number of hydrogen-bond acceptors (Lipinski definition) is 2. The minimum Gasteiger partial charge on any atom is -0.451 e. The summed E-state index contributed by atoms with van der Waals surface area (Å²) in [5, 5.41) is 8.75. The predicted molar refractivity (Wildman–Crippen MR) is 37.4 cm³/mol. The van der Waals surface area contributed by atoms with Crippen molar-refractivity contribution in [3.63, 3.8) is 0 Å². The van der Waals surface area contributed by atoms with Gasteiger partial charge in [0.1, 0.15) is 5.76 Å². The number of rotatable bonds is 2. The fourth-order valence-corrected chi connectivity index (χ4v) is 0.930. The Kier molecular flexibility index (Phi) is 2.62. The summed E-state index contributed by atoms with van der Waals surface area (Å²) < 4.78 is 28.6. The summed E-state index contributed by atoms with van der Waals surface area (Å²) in [4.78, 5) is 0.